The van der Waals surface area contributed by atoms with E-state index in [1.165, 1.54) is 0 Å². The fraction of sp³-hybridized carbons (Fsp3) is 0.562. The molecular formula is C32H40F2N2O6. The van der Waals surface area contributed by atoms with Gasteiger partial charge in [-0.15, -0.1) is 0 Å². The van der Waals surface area contributed by atoms with E-state index < -0.39 is 34.8 Å². The lowest BCUT2D eigenvalue weighted by atomic mass is 9.71. The van der Waals surface area contributed by atoms with Gasteiger partial charge < -0.3 is 29.5 Å². The number of fused-ring (bicyclic) bond motifs is 1. The number of carbonyl (C=O) groups is 2. The van der Waals surface area contributed by atoms with Crippen molar-refractivity contribution in [3.8, 4) is 5.75 Å². The summed E-state index contributed by atoms with van der Waals surface area (Å²) in [5.74, 6) is -2.72. The first-order valence-electron chi connectivity index (χ1n) is 14.7. The van der Waals surface area contributed by atoms with Crippen LogP contribution in [0.3, 0.4) is 0 Å². The van der Waals surface area contributed by atoms with Crippen LogP contribution < -0.4 is 10.1 Å². The SMILES string of the molecule is CCOCC(C)(C)c1c(F)cc(NC(=O)C2c3ccc(OCC)cc3CCN2C(=O)C2CC(CC3(O)CO3)C2)cc1F. The molecule has 2 fully saturated rings. The van der Waals surface area contributed by atoms with E-state index in [4.69, 9.17) is 14.2 Å². The summed E-state index contributed by atoms with van der Waals surface area (Å²) >= 11 is 0. The van der Waals surface area contributed by atoms with Crippen LogP contribution in [0.1, 0.15) is 69.7 Å². The highest BCUT2D eigenvalue weighted by Gasteiger charge is 2.49. The Morgan fingerprint density at radius 2 is 1.83 bits per heavy atom. The Labute approximate surface area is 245 Å². The van der Waals surface area contributed by atoms with Crippen molar-refractivity contribution in [2.24, 2.45) is 11.8 Å². The lowest BCUT2D eigenvalue weighted by Gasteiger charge is -2.42. The first kappa shape index (κ1) is 30.4. The van der Waals surface area contributed by atoms with Gasteiger partial charge in [0.1, 0.15) is 30.0 Å². The average molecular weight is 587 g/mol. The quantitative estimate of drug-likeness (QED) is 0.364. The molecule has 0 radical (unpaired) electrons. The third-order valence-corrected chi connectivity index (χ3v) is 8.51. The maximum atomic E-state index is 15.3. The number of carbonyl (C=O) groups excluding carboxylic acids is 2. The van der Waals surface area contributed by atoms with Gasteiger partial charge in [-0.1, -0.05) is 19.9 Å². The standard InChI is InChI=1S/C32H40F2N2O6/c1-5-40-17-31(3,4)27-25(33)14-22(15-26(27)34)35-29(37)28-24-8-7-23(41-6-2)13-20(24)9-10-36(28)30(38)21-11-19(12-21)16-32(39)18-42-32/h7-8,13-15,19,21,28,39H,5-6,9-12,16-18H2,1-4H3,(H,35,37). The topological polar surface area (TPSA) is 101 Å². The molecule has 0 aromatic heterocycles. The largest absolute Gasteiger partial charge is 0.494 e. The van der Waals surface area contributed by atoms with Crippen LogP contribution >= 0.6 is 0 Å². The second-order valence-corrected chi connectivity index (χ2v) is 12.3. The zero-order chi connectivity index (χ0) is 30.2. The van der Waals surface area contributed by atoms with Gasteiger partial charge in [-0.05, 0) is 74.4 Å². The normalized spacial score (nSPS) is 24.9. The number of epoxide rings is 1. The van der Waals surface area contributed by atoms with E-state index in [0.29, 0.717) is 63.4 Å². The molecule has 228 valence electrons. The van der Waals surface area contributed by atoms with Crippen molar-refractivity contribution in [1.82, 2.24) is 4.90 Å². The van der Waals surface area contributed by atoms with Crippen LogP contribution in [0, 0.1) is 23.5 Å². The zero-order valence-electron chi connectivity index (χ0n) is 24.7. The predicted molar refractivity (Wildman–Crippen MR) is 152 cm³/mol. The highest BCUT2D eigenvalue weighted by Crippen LogP contribution is 2.45. The van der Waals surface area contributed by atoms with Gasteiger partial charge >= 0.3 is 0 Å². The number of ether oxygens (including phenoxy) is 3. The molecule has 1 saturated carbocycles. The van der Waals surface area contributed by atoms with Gasteiger partial charge in [-0.2, -0.15) is 0 Å². The Hall–Kier alpha value is -3.08. The minimum absolute atomic E-state index is 0.0298. The second kappa shape index (κ2) is 11.9. The second-order valence-electron chi connectivity index (χ2n) is 12.3. The van der Waals surface area contributed by atoms with Crippen LogP contribution in [0.5, 0.6) is 5.75 Å². The summed E-state index contributed by atoms with van der Waals surface area (Å²) in [6.07, 6.45) is 2.27. The molecule has 1 saturated heterocycles. The highest BCUT2D eigenvalue weighted by molar-refractivity contribution is 5.99. The fourth-order valence-corrected chi connectivity index (χ4v) is 6.30. The molecule has 8 nitrogen and oxygen atoms in total. The molecule has 0 spiro atoms. The van der Waals surface area contributed by atoms with E-state index in [1.807, 2.05) is 19.9 Å². The van der Waals surface area contributed by atoms with Gasteiger partial charge in [-0.3, -0.25) is 9.59 Å². The highest BCUT2D eigenvalue weighted by atomic mass is 19.1. The van der Waals surface area contributed by atoms with Crippen LogP contribution in [-0.2, 0) is 30.9 Å². The van der Waals surface area contributed by atoms with Gasteiger partial charge in [0.05, 0.1) is 13.2 Å². The maximum absolute atomic E-state index is 15.3. The summed E-state index contributed by atoms with van der Waals surface area (Å²) < 4.78 is 46.7. The molecule has 2 aromatic carbocycles. The molecule has 42 heavy (non-hydrogen) atoms. The Morgan fingerprint density at radius 1 is 1.14 bits per heavy atom. The predicted octanol–water partition coefficient (Wildman–Crippen LogP) is 4.88. The lowest BCUT2D eigenvalue weighted by Crippen LogP contribution is -2.50. The van der Waals surface area contributed by atoms with Crippen molar-refractivity contribution in [1.29, 1.82) is 0 Å². The molecule has 2 amide bonds. The molecule has 2 heterocycles. The number of rotatable bonds is 11. The molecular weight excluding hydrogens is 546 g/mol. The van der Waals surface area contributed by atoms with Gasteiger partial charge in [0.2, 0.25) is 5.91 Å². The molecule has 0 bridgehead atoms. The molecule has 2 unspecified atom stereocenters. The van der Waals surface area contributed by atoms with Crippen LogP contribution in [-0.4, -0.2) is 60.6 Å². The van der Waals surface area contributed by atoms with Crippen molar-refractivity contribution < 1.29 is 37.7 Å². The van der Waals surface area contributed by atoms with Crippen molar-refractivity contribution >= 4 is 17.5 Å². The number of halogens is 2. The molecule has 5 rings (SSSR count). The monoisotopic (exact) mass is 586 g/mol. The van der Waals surface area contributed by atoms with E-state index in [0.717, 1.165) is 17.7 Å². The molecule has 3 aliphatic rings. The summed E-state index contributed by atoms with van der Waals surface area (Å²) in [6, 6.07) is 6.67. The molecule has 10 heteroatoms. The summed E-state index contributed by atoms with van der Waals surface area (Å²) in [7, 11) is 0. The van der Waals surface area contributed by atoms with Crippen LogP contribution in [0.15, 0.2) is 30.3 Å². The summed E-state index contributed by atoms with van der Waals surface area (Å²) in [5, 5.41) is 12.7. The molecule has 2 aromatic rings. The van der Waals surface area contributed by atoms with Gasteiger partial charge in [-0.25, -0.2) is 8.78 Å². The van der Waals surface area contributed by atoms with Crippen LogP contribution in [0.25, 0.3) is 0 Å². The first-order valence-corrected chi connectivity index (χ1v) is 14.7. The summed E-state index contributed by atoms with van der Waals surface area (Å²) in [6.45, 7) is 8.79. The Balaban J connectivity index is 1.38. The number of benzene rings is 2. The third kappa shape index (κ3) is 6.31. The van der Waals surface area contributed by atoms with Crippen LogP contribution in [0.4, 0.5) is 14.5 Å². The number of hydrogen-bond acceptors (Lipinski definition) is 6. The number of hydrogen-bond donors (Lipinski definition) is 2. The van der Waals surface area contributed by atoms with Crippen molar-refractivity contribution in [2.75, 3.05) is 38.3 Å². The minimum Gasteiger partial charge on any atom is -0.494 e. The van der Waals surface area contributed by atoms with E-state index in [1.54, 1.807) is 30.9 Å². The molecule has 2 atom stereocenters. The number of nitrogens with zero attached hydrogens (tertiary/aromatic N) is 1. The summed E-state index contributed by atoms with van der Waals surface area (Å²) in [5.41, 5.74) is 0.479. The Kier molecular flexibility index (Phi) is 8.60. The lowest BCUT2D eigenvalue weighted by molar-refractivity contribution is -0.147. The Morgan fingerprint density at radius 3 is 2.45 bits per heavy atom. The van der Waals surface area contributed by atoms with E-state index in [2.05, 4.69) is 5.32 Å². The molecule has 2 aliphatic heterocycles. The number of anilines is 1. The van der Waals surface area contributed by atoms with Crippen LogP contribution in [0.2, 0.25) is 0 Å². The smallest absolute Gasteiger partial charge is 0.251 e. The molecule has 1 aliphatic carbocycles. The average Bonchev–Trinajstić information content (AvgIpc) is 3.64. The van der Waals surface area contributed by atoms with E-state index >= 15 is 8.78 Å². The number of amides is 2. The van der Waals surface area contributed by atoms with Crippen molar-refractivity contribution in [3.05, 3.63) is 58.7 Å². The Bertz CT molecular complexity index is 1320. The summed E-state index contributed by atoms with van der Waals surface area (Å²) in [4.78, 5) is 29.1. The number of nitrogens with one attached hydrogen (secondary N) is 1. The van der Waals surface area contributed by atoms with Gasteiger partial charge in [0.25, 0.3) is 5.91 Å². The zero-order valence-corrected chi connectivity index (χ0v) is 24.7. The fourth-order valence-electron chi connectivity index (χ4n) is 6.30. The minimum atomic E-state index is -1.05. The van der Waals surface area contributed by atoms with Gasteiger partial charge in [0.15, 0.2) is 5.79 Å². The van der Waals surface area contributed by atoms with Gasteiger partial charge in [0, 0.05) is 42.2 Å². The first-order chi connectivity index (χ1) is 19.9. The molecule has 2 N–H and O–H groups in total. The maximum Gasteiger partial charge on any atom is 0.251 e. The van der Waals surface area contributed by atoms with Crippen molar-refractivity contribution in [2.45, 2.75) is 70.6 Å². The number of aliphatic hydroxyl groups is 1. The van der Waals surface area contributed by atoms with E-state index in [-0.39, 0.29) is 35.6 Å². The third-order valence-electron chi connectivity index (χ3n) is 8.51. The van der Waals surface area contributed by atoms with Crippen molar-refractivity contribution in [3.63, 3.8) is 0 Å². The van der Waals surface area contributed by atoms with E-state index in [9.17, 15) is 14.7 Å².